The Morgan fingerprint density at radius 1 is 1.00 bits per heavy atom. The molecule has 0 spiro atoms. The van der Waals surface area contributed by atoms with E-state index >= 15 is 0 Å². The molecule has 2 fully saturated rings. The van der Waals surface area contributed by atoms with Gasteiger partial charge in [0, 0.05) is 51.0 Å². The maximum Gasteiger partial charge on any atom is 0.191 e. The highest BCUT2D eigenvalue weighted by Crippen LogP contribution is 2.22. The Kier molecular flexibility index (Phi) is 12.7. The van der Waals surface area contributed by atoms with Gasteiger partial charge in [-0.3, -0.25) is 4.90 Å². The van der Waals surface area contributed by atoms with Crippen LogP contribution in [-0.4, -0.2) is 82.6 Å². The molecule has 2 heterocycles. The Hall–Kier alpha value is -1.10. The predicted octanol–water partition coefficient (Wildman–Crippen LogP) is 2.94. The molecule has 7 nitrogen and oxygen atoms in total. The number of guanidine groups is 1. The van der Waals surface area contributed by atoms with E-state index in [0.29, 0.717) is 18.5 Å². The Morgan fingerprint density at radius 2 is 1.66 bits per heavy atom. The van der Waals surface area contributed by atoms with Gasteiger partial charge in [0.05, 0.1) is 33.0 Å². The number of benzene rings is 1. The van der Waals surface area contributed by atoms with E-state index in [1.165, 1.54) is 17.7 Å². The van der Waals surface area contributed by atoms with Crippen LogP contribution < -0.4 is 15.5 Å². The molecule has 1 aromatic rings. The number of hydrogen-bond acceptors (Lipinski definition) is 5. The van der Waals surface area contributed by atoms with Crippen molar-refractivity contribution in [1.29, 1.82) is 0 Å². The monoisotopic (exact) mass is 559 g/mol. The van der Waals surface area contributed by atoms with Gasteiger partial charge < -0.3 is 25.0 Å². The molecular formula is C24H42IN5O2. The summed E-state index contributed by atoms with van der Waals surface area (Å²) in [6.45, 7) is 16.3. The molecule has 2 saturated heterocycles. The van der Waals surface area contributed by atoms with Gasteiger partial charge in [0.2, 0.25) is 0 Å². The second-order valence-corrected chi connectivity index (χ2v) is 8.74. The van der Waals surface area contributed by atoms with Crippen molar-refractivity contribution in [3.63, 3.8) is 0 Å². The molecule has 0 saturated carbocycles. The van der Waals surface area contributed by atoms with Crippen LogP contribution in [0, 0.1) is 5.92 Å². The van der Waals surface area contributed by atoms with E-state index in [4.69, 9.17) is 14.5 Å². The normalized spacial score (nSPS) is 18.9. The van der Waals surface area contributed by atoms with E-state index in [0.717, 1.165) is 71.7 Å². The molecule has 0 aromatic heterocycles. The number of ether oxygens (including phenoxy) is 2. The van der Waals surface area contributed by atoms with Crippen LogP contribution >= 0.6 is 24.0 Å². The molecule has 1 aromatic carbocycles. The number of hydrogen-bond donors (Lipinski definition) is 2. The van der Waals surface area contributed by atoms with E-state index in [2.05, 4.69) is 65.5 Å². The van der Waals surface area contributed by atoms with Crippen molar-refractivity contribution < 1.29 is 9.47 Å². The summed E-state index contributed by atoms with van der Waals surface area (Å²) in [4.78, 5) is 9.90. The van der Waals surface area contributed by atoms with Crippen LogP contribution in [0.3, 0.4) is 0 Å². The van der Waals surface area contributed by atoms with Gasteiger partial charge >= 0.3 is 0 Å². The number of rotatable bonds is 9. The molecule has 182 valence electrons. The third kappa shape index (κ3) is 8.68. The molecule has 1 unspecified atom stereocenters. The van der Waals surface area contributed by atoms with Gasteiger partial charge in [-0.05, 0) is 30.9 Å². The van der Waals surface area contributed by atoms with Crippen LogP contribution in [0.1, 0.15) is 32.8 Å². The first-order valence-electron chi connectivity index (χ1n) is 11.9. The van der Waals surface area contributed by atoms with Gasteiger partial charge in [-0.2, -0.15) is 0 Å². The zero-order valence-electron chi connectivity index (χ0n) is 20.0. The Morgan fingerprint density at radius 3 is 2.31 bits per heavy atom. The Bertz CT molecular complexity index is 676. The van der Waals surface area contributed by atoms with Crippen molar-refractivity contribution in [3.05, 3.63) is 29.8 Å². The Balaban J connectivity index is 0.00000363. The SMILES string of the molecule is CCNC(=NCc1ccccc1N1CCOCC1)NCC(CC(C)C)N1CCOCC1.I. The number of nitrogens with zero attached hydrogens (tertiary/aromatic N) is 3. The summed E-state index contributed by atoms with van der Waals surface area (Å²) in [5, 5.41) is 7.04. The number of aliphatic imine (C=N–C) groups is 1. The van der Waals surface area contributed by atoms with E-state index in [1.54, 1.807) is 0 Å². The van der Waals surface area contributed by atoms with Gasteiger partial charge in [0.15, 0.2) is 5.96 Å². The van der Waals surface area contributed by atoms with Gasteiger partial charge in [-0.15, -0.1) is 24.0 Å². The maximum absolute atomic E-state index is 5.56. The number of nitrogens with one attached hydrogen (secondary N) is 2. The first kappa shape index (κ1) is 27.1. The van der Waals surface area contributed by atoms with Crippen molar-refractivity contribution in [2.75, 3.05) is 70.6 Å². The lowest BCUT2D eigenvalue weighted by Gasteiger charge is -2.35. The fourth-order valence-electron chi connectivity index (χ4n) is 4.33. The van der Waals surface area contributed by atoms with E-state index < -0.39 is 0 Å². The largest absolute Gasteiger partial charge is 0.379 e. The van der Waals surface area contributed by atoms with Gasteiger partial charge in [0.1, 0.15) is 0 Å². The van der Waals surface area contributed by atoms with Crippen molar-refractivity contribution in [2.45, 2.75) is 39.8 Å². The van der Waals surface area contributed by atoms with Crippen LogP contribution in [0.15, 0.2) is 29.3 Å². The fourth-order valence-corrected chi connectivity index (χ4v) is 4.33. The lowest BCUT2D eigenvalue weighted by Crippen LogP contribution is -2.51. The van der Waals surface area contributed by atoms with Crippen LogP contribution in [0.25, 0.3) is 0 Å². The van der Waals surface area contributed by atoms with Crippen LogP contribution in [0.2, 0.25) is 0 Å². The van der Waals surface area contributed by atoms with Crippen LogP contribution in [0.5, 0.6) is 0 Å². The van der Waals surface area contributed by atoms with Gasteiger partial charge in [-0.25, -0.2) is 4.99 Å². The minimum Gasteiger partial charge on any atom is -0.379 e. The lowest BCUT2D eigenvalue weighted by molar-refractivity contribution is 0.0132. The maximum atomic E-state index is 5.56. The highest BCUT2D eigenvalue weighted by molar-refractivity contribution is 14.0. The summed E-state index contributed by atoms with van der Waals surface area (Å²) >= 11 is 0. The lowest BCUT2D eigenvalue weighted by atomic mass is 10.0. The van der Waals surface area contributed by atoms with Gasteiger partial charge in [0.25, 0.3) is 0 Å². The summed E-state index contributed by atoms with van der Waals surface area (Å²) in [6.07, 6.45) is 1.17. The predicted molar refractivity (Wildman–Crippen MR) is 143 cm³/mol. The smallest absolute Gasteiger partial charge is 0.191 e. The van der Waals surface area contributed by atoms with Crippen molar-refractivity contribution >= 4 is 35.6 Å². The third-order valence-electron chi connectivity index (χ3n) is 5.91. The molecule has 2 aliphatic rings. The molecule has 3 rings (SSSR count). The number of anilines is 1. The average Bonchev–Trinajstić information content (AvgIpc) is 2.81. The van der Waals surface area contributed by atoms with Gasteiger partial charge in [-0.1, -0.05) is 32.0 Å². The molecule has 0 amide bonds. The zero-order valence-corrected chi connectivity index (χ0v) is 22.3. The minimum absolute atomic E-state index is 0. The second-order valence-electron chi connectivity index (χ2n) is 8.74. The zero-order chi connectivity index (χ0) is 21.9. The molecule has 0 aliphatic carbocycles. The Labute approximate surface area is 211 Å². The fraction of sp³-hybridized carbons (Fsp3) is 0.708. The highest BCUT2D eigenvalue weighted by Gasteiger charge is 2.22. The molecule has 2 aliphatic heterocycles. The topological polar surface area (TPSA) is 61.4 Å². The second kappa shape index (κ2) is 14.9. The number of morpholine rings is 2. The average molecular weight is 560 g/mol. The van der Waals surface area contributed by atoms with E-state index in [9.17, 15) is 0 Å². The molecule has 2 N–H and O–H groups in total. The van der Waals surface area contributed by atoms with Crippen molar-refractivity contribution in [2.24, 2.45) is 10.9 Å². The van der Waals surface area contributed by atoms with Crippen LogP contribution in [-0.2, 0) is 16.0 Å². The minimum atomic E-state index is 0. The van der Waals surface area contributed by atoms with Crippen molar-refractivity contribution in [3.8, 4) is 0 Å². The first-order chi connectivity index (χ1) is 15.2. The summed E-state index contributed by atoms with van der Waals surface area (Å²) < 4.78 is 11.1. The third-order valence-corrected chi connectivity index (χ3v) is 5.91. The number of para-hydroxylation sites is 1. The summed E-state index contributed by atoms with van der Waals surface area (Å²) in [7, 11) is 0. The standard InChI is InChI=1S/C24H41N5O2.HI/c1-4-25-24(27-19-22(17-20(2)3)28-9-13-30-14-10-28)26-18-21-7-5-6-8-23(21)29-11-15-31-16-12-29;/h5-8,20,22H,4,9-19H2,1-3H3,(H2,25,26,27);1H. The van der Waals surface area contributed by atoms with E-state index in [-0.39, 0.29) is 24.0 Å². The number of halogens is 1. The quantitative estimate of drug-likeness (QED) is 0.276. The summed E-state index contributed by atoms with van der Waals surface area (Å²) in [6, 6.07) is 9.10. The molecule has 0 bridgehead atoms. The molecule has 8 heteroatoms. The van der Waals surface area contributed by atoms with Crippen LogP contribution in [0.4, 0.5) is 5.69 Å². The van der Waals surface area contributed by atoms with Crippen molar-refractivity contribution in [1.82, 2.24) is 15.5 Å². The molecule has 0 radical (unpaired) electrons. The van der Waals surface area contributed by atoms with E-state index in [1.807, 2.05) is 0 Å². The molecular weight excluding hydrogens is 517 g/mol. The summed E-state index contributed by atoms with van der Waals surface area (Å²) in [5.41, 5.74) is 2.53. The molecule has 32 heavy (non-hydrogen) atoms. The highest BCUT2D eigenvalue weighted by atomic mass is 127. The first-order valence-corrected chi connectivity index (χ1v) is 11.9. The molecule has 1 atom stereocenters. The summed E-state index contributed by atoms with van der Waals surface area (Å²) in [5.74, 6) is 1.55.